The average Bonchev–Trinajstić information content (AvgIpc) is 2.95. The lowest BCUT2D eigenvalue weighted by Gasteiger charge is -2.40. The molecule has 2 aromatic rings. The zero-order chi connectivity index (χ0) is 29.6. The van der Waals surface area contributed by atoms with Crippen LogP contribution in [0.25, 0.3) is 0 Å². The fourth-order valence-corrected chi connectivity index (χ4v) is 5.73. The summed E-state index contributed by atoms with van der Waals surface area (Å²) < 4.78 is 1.66. The zero-order valence-electron chi connectivity index (χ0n) is 25.9. The first-order valence-corrected chi connectivity index (χ1v) is 15.6. The predicted molar refractivity (Wildman–Crippen MR) is 167 cm³/mol. The van der Waals surface area contributed by atoms with Gasteiger partial charge in [0.2, 0.25) is 11.8 Å². The maximum Gasteiger partial charge on any atom is 0.220 e. The number of unbranched alkanes of at least 4 members (excludes halogenated alkanes) is 1. The largest absolute Gasteiger partial charge is 1.00 e. The number of carbonyl (C=O) groups excluding carboxylic acids is 2. The van der Waals surface area contributed by atoms with Crippen LogP contribution in [0.2, 0.25) is 10.0 Å². The second kappa shape index (κ2) is 20.4. The summed E-state index contributed by atoms with van der Waals surface area (Å²) >= 11 is 12.8. The summed E-state index contributed by atoms with van der Waals surface area (Å²) in [5, 5.41) is 7.73. The molecule has 2 rings (SSSR count). The topological polar surface area (TPSA) is 58.2 Å². The van der Waals surface area contributed by atoms with E-state index in [0.717, 1.165) is 69.4 Å². The van der Waals surface area contributed by atoms with Crippen molar-refractivity contribution in [1.82, 2.24) is 10.6 Å². The number of benzene rings is 2. The molecule has 0 radical (unpaired) electrons. The lowest BCUT2D eigenvalue weighted by Crippen LogP contribution is -3.00. The van der Waals surface area contributed by atoms with Gasteiger partial charge >= 0.3 is 0 Å². The van der Waals surface area contributed by atoms with Crippen molar-refractivity contribution in [1.29, 1.82) is 0 Å². The van der Waals surface area contributed by atoms with Crippen molar-refractivity contribution >= 4 is 35.0 Å². The highest BCUT2D eigenvalue weighted by Gasteiger charge is 2.30. The summed E-state index contributed by atoms with van der Waals surface area (Å²) in [6.07, 6.45) is 2.28. The highest BCUT2D eigenvalue weighted by Crippen LogP contribution is 2.31. The molecule has 0 aromatic heterocycles. The molecular formula is C32H50Cl4N4O2. The van der Waals surface area contributed by atoms with Crippen LogP contribution in [0.3, 0.4) is 0 Å². The molecule has 6 nitrogen and oxygen atoms in total. The first-order valence-electron chi connectivity index (χ1n) is 14.8. The van der Waals surface area contributed by atoms with E-state index in [-0.39, 0.29) is 42.7 Å². The van der Waals surface area contributed by atoms with E-state index in [9.17, 15) is 9.59 Å². The van der Waals surface area contributed by atoms with Gasteiger partial charge in [-0.25, -0.2) is 0 Å². The molecule has 0 heterocycles. The molecule has 0 fully saturated rings. The number of likely N-dealkylation sites (N-methyl/N-ethyl adjacent to an activating group) is 2. The Morgan fingerprint density at radius 1 is 0.762 bits per heavy atom. The normalized spacial score (nSPS) is 13.2. The molecule has 0 spiro atoms. The number of rotatable bonds is 18. The number of halogens is 4. The van der Waals surface area contributed by atoms with Crippen LogP contribution in [0.15, 0.2) is 48.5 Å². The van der Waals surface area contributed by atoms with Crippen LogP contribution >= 0.6 is 23.2 Å². The van der Waals surface area contributed by atoms with E-state index in [4.69, 9.17) is 23.2 Å². The molecule has 0 aliphatic rings. The second-order valence-electron chi connectivity index (χ2n) is 11.1. The number of hydrogen-bond donors (Lipinski definition) is 2. The molecule has 2 unspecified atom stereocenters. The SMILES string of the molecule is CC[N+](CC)(CCNC(=O)CCCCC(=O)NCC[N+](C)(CC)C(C)c1ccccc1Cl)Cc1ccccc1Cl.[Cl-].[Cl-]. The summed E-state index contributed by atoms with van der Waals surface area (Å²) in [4.78, 5) is 24.9. The van der Waals surface area contributed by atoms with Crippen LogP contribution < -0.4 is 35.4 Å². The molecule has 42 heavy (non-hydrogen) atoms. The van der Waals surface area contributed by atoms with Gasteiger partial charge in [0.15, 0.2) is 0 Å². The fourth-order valence-electron chi connectivity index (χ4n) is 5.24. The Balaban J connectivity index is 0.00000840. The fraction of sp³-hybridized carbons (Fsp3) is 0.562. The molecule has 10 heteroatoms. The van der Waals surface area contributed by atoms with E-state index in [1.807, 2.05) is 36.4 Å². The lowest BCUT2D eigenvalue weighted by atomic mass is 10.0. The summed E-state index contributed by atoms with van der Waals surface area (Å²) in [6.45, 7) is 15.4. The van der Waals surface area contributed by atoms with Crippen molar-refractivity contribution in [2.24, 2.45) is 0 Å². The van der Waals surface area contributed by atoms with Crippen molar-refractivity contribution in [2.45, 2.75) is 66.0 Å². The maximum absolute atomic E-state index is 12.4. The summed E-state index contributed by atoms with van der Waals surface area (Å²) in [5.41, 5.74) is 2.28. The Hall–Kier alpha value is -1.54. The lowest BCUT2D eigenvalue weighted by molar-refractivity contribution is -0.936. The van der Waals surface area contributed by atoms with Gasteiger partial charge in [-0.15, -0.1) is 0 Å². The third kappa shape index (κ3) is 12.6. The minimum Gasteiger partial charge on any atom is -1.00 e. The van der Waals surface area contributed by atoms with Crippen LogP contribution in [0.1, 0.15) is 70.5 Å². The van der Waals surface area contributed by atoms with Crippen LogP contribution in [-0.4, -0.2) is 73.6 Å². The highest BCUT2D eigenvalue weighted by atomic mass is 35.5. The van der Waals surface area contributed by atoms with E-state index in [1.165, 1.54) is 0 Å². The Morgan fingerprint density at radius 3 is 1.76 bits per heavy atom. The smallest absolute Gasteiger partial charge is 0.220 e. The summed E-state index contributed by atoms with van der Waals surface area (Å²) in [7, 11) is 2.21. The number of quaternary nitrogens is 2. The van der Waals surface area contributed by atoms with Gasteiger partial charge in [0.1, 0.15) is 12.6 Å². The molecule has 0 saturated carbocycles. The summed E-state index contributed by atoms with van der Waals surface area (Å²) in [6, 6.07) is 16.2. The van der Waals surface area contributed by atoms with Crippen LogP contribution in [0.4, 0.5) is 0 Å². The van der Waals surface area contributed by atoms with Crippen molar-refractivity contribution in [3.63, 3.8) is 0 Å². The molecule has 2 aromatic carbocycles. The number of hydrogen-bond acceptors (Lipinski definition) is 2. The Kier molecular flexibility index (Phi) is 19.7. The van der Waals surface area contributed by atoms with Crippen molar-refractivity contribution in [2.75, 3.05) is 52.9 Å². The first kappa shape index (κ1) is 40.5. The van der Waals surface area contributed by atoms with Gasteiger partial charge in [0.05, 0.1) is 52.9 Å². The van der Waals surface area contributed by atoms with E-state index >= 15 is 0 Å². The molecule has 2 amide bonds. The molecule has 0 saturated heterocycles. The Morgan fingerprint density at radius 2 is 1.26 bits per heavy atom. The van der Waals surface area contributed by atoms with E-state index in [2.05, 4.69) is 57.5 Å². The number of carbonyl (C=O) groups is 2. The molecule has 0 aliphatic heterocycles. The second-order valence-corrected chi connectivity index (χ2v) is 11.9. The van der Waals surface area contributed by atoms with Gasteiger partial charge < -0.3 is 44.4 Å². The van der Waals surface area contributed by atoms with Gasteiger partial charge in [0.25, 0.3) is 0 Å². The van der Waals surface area contributed by atoms with Crippen LogP contribution in [-0.2, 0) is 16.1 Å². The zero-order valence-corrected chi connectivity index (χ0v) is 28.9. The van der Waals surface area contributed by atoms with E-state index < -0.39 is 0 Å². The van der Waals surface area contributed by atoms with E-state index in [1.54, 1.807) is 0 Å². The molecule has 238 valence electrons. The first-order chi connectivity index (χ1) is 19.1. The Labute approximate surface area is 276 Å². The molecule has 2 atom stereocenters. The molecule has 2 N–H and O–H groups in total. The quantitative estimate of drug-likeness (QED) is 0.179. The monoisotopic (exact) mass is 662 g/mol. The molecule has 0 aliphatic carbocycles. The molecule has 0 bridgehead atoms. The van der Waals surface area contributed by atoms with Gasteiger partial charge in [-0.2, -0.15) is 0 Å². The minimum absolute atomic E-state index is 0. The maximum atomic E-state index is 12.4. The third-order valence-corrected chi connectivity index (χ3v) is 9.44. The number of nitrogens with one attached hydrogen (secondary N) is 2. The van der Waals surface area contributed by atoms with Crippen molar-refractivity contribution in [3.8, 4) is 0 Å². The van der Waals surface area contributed by atoms with Gasteiger partial charge in [0, 0.05) is 34.0 Å². The molecular weight excluding hydrogens is 614 g/mol. The average molecular weight is 665 g/mol. The predicted octanol–water partition coefficient (Wildman–Crippen LogP) is 0.379. The van der Waals surface area contributed by atoms with Crippen LogP contribution in [0.5, 0.6) is 0 Å². The van der Waals surface area contributed by atoms with Crippen LogP contribution in [0, 0.1) is 0 Å². The highest BCUT2D eigenvalue weighted by molar-refractivity contribution is 6.31. The van der Waals surface area contributed by atoms with Gasteiger partial charge in [-0.3, -0.25) is 9.59 Å². The number of amides is 2. The van der Waals surface area contributed by atoms with Gasteiger partial charge in [-0.05, 0) is 52.7 Å². The Bertz CT molecular complexity index is 1060. The van der Waals surface area contributed by atoms with Gasteiger partial charge in [-0.1, -0.05) is 59.6 Å². The minimum atomic E-state index is 0. The van der Waals surface area contributed by atoms with Crippen molar-refractivity contribution < 1.29 is 43.4 Å². The standard InChI is InChI=1S/C32H48Cl2N4O2.2ClH/c1-6-37(5,26(4)28-16-10-12-18-30(28)34)23-21-35-31(39)19-13-14-20-32(40)36-22-24-38(7-2,8-3)25-27-15-9-11-17-29(27)33;;/h9-12,15-18,26H,6-8,13-14,19-25H2,1-5H3;2*1H. The van der Waals surface area contributed by atoms with E-state index in [0.29, 0.717) is 38.8 Å². The summed E-state index contributed by atoms with van der Waals surface area (Å²) in [5.74, 6) is 0.0917. The number of nitrogens with zero attached hydrogens (tertiary/aromatic N) is 2. The third-order valence-electron chi connectivity index (χ3n) is 8.73. The van der Waals surface area contributed by atoms with Crippen molar-refractivity contribution in [3.05, 3.63) is 69.7 Å².